The van der Waals surface area contributed by atoms with Gasteiger partial charge in [-0.25, -0.2) is 9.59 Å². The van der Waals surface area contributed by atoms with Crippen LogP contribution in [-0.2, 0) is 9.53 Å². The molecule has 0 aromatic heterocycles. The standard InChI is InChI=1S/C25H36N4O5/c1-32-20-10-9-17(15-21(20)33-2)23-22(24(30)34-3)19(26-25(31)27-23)16-28-11-13-29(14-12-28)18-7-5-4-6-8-18/h9-10,15,18,23H,4-8,11-14,16H2,1-3H3,(H2,26,27,31)/t23-/m1/s1. The Labute approximate surface area is 201 Å². The van der Waals surface area contributed by atoms with Crippen molar-refractivity contribution in [1.29, 1.82) is 0 Å². The van der Waals surface area contributed by atoms with E-state index in [1.54, 1.807) is 26.4 Å². The van der Waals surface area contributed by atoms with Crippen LogP contribution >= 0.6 is 0 Å². The first-order valence-electron chi connectivity index (χ1n) is 12.1. The Hall–Kier alpha value is -2.78. The number of carbonyl (C=O) groups is 2. The number of urea groups is 1. The van der Waals surface area contributed by atoms with Gasteiger partial charge in [0, 0.05) is 44.5 Å². The summed E-state index contributed by atoms with van der Waals surface area (Å²) >= 11 is 0. The zero-order chi connectivity index (χ0) is 24.1. The Balaban J connectivity index is 1.55. The van der Waals surface area contributed by atoms with Crippen molar-refractivity contribution in [3.8, 4) is 11.5 Å². The van der Waals surface area contributed by atoms with Crippen molar-refractivity contribution in [1.82, 2.24) is 20.4 Å². The molecule has 0 radical (unpaired) electrons. The van der Waals surface area contributed by atoms with Crippen LogP contribution in [0, 0.1) is 0 Å². The molecule has 1 aromatic carbocycles. The van der Waals surface area contributed by atoms with Crippen LogP contribution in [0.4, 0.5) is 4.79 Å². The third kappa shape index (κ3) is 5.31. The molecule has 3 aliphatic rings. The molecule has 2 heterocycles. The minimum Gasteiger partial charge on any atom is -0.493 e. The number of amides is 2. The van der Waals surface area contributed by atoms with E-state index in [1.807, 2.05) is 6.07 Å². The number of hydrogen-bond donors (Lipinski definition) is 2. The minimum atomic E-state index is -0.653. The van der Waals surface area contributed by atoms with Gasteiger partial charge in [0.25, 0.3) is 0 Å². The molecule has 186 valence electrons. The maximum atomic E-state index is 12.9. The first-order valence-corrected chi connectivity index (χ1v) is 12.1. The van der Waals surface area contributed by atoms with Gasteiger partial charge >= 0.3 is 12.0 Å². The predicted octanol–water partition coefficient (Wildman–Crippen LogP) is 2.44. The molecule has 9 nitrogen and oxygen atoms in total. The van der Waals surface area contributed by atoms with E-state index in [0.717, 1.165) is 26.2 Å². The SMILES string of the molecule is COC(=O)C1=C(CN2CCN(C3CCCCC3)CC2)NC(=O)N[C@@H]1c1ccc(OC)c(OC)c1. The van der Waals surface area contributed by atoms with Gasteiger partial charge in [-0.1, -0.05) is 25.3 Å². The van der Waals surface area contributed by atoms with Gasteiger partial charge in [-0.3, -0.25) is 9.80 Å². The van der Waals surface area contributed by atoms with Gasteiger partial charge in [0.05, 0.1) is 32.9 Å². The molecule has 2 amide bonds. The van der Waals surface area contributed by atoms with Crippen LogP contribution in [0.3, 0.4) is 0 Å². The lowest BCUT2D eigenvalue weighted by Gasteiger charge is -2.41. The summed E-state index contributed by atoms with van der Waals surface area (Å²) in [6, 6.07) is 5.07. The highest BCUT2D eigenvalue weighted by Gasteiger charge is 2.35. The zero-order valence-electron chi connectivity index (χ0n) is 20.4. The third-order valence-corrected chi connectivity index (χ3v) is 7.18. The largest absolute Gasteiger partial charge is 0.493 e. The number of ether oxygens (including phenoxy) is 3. The molecule has 1 saturated heterocycles. The van der Waals surface area contributed by atoms with Crippen molar-refractivity contribution in [3.63, 3.8) is 0 Å². The van der Waals surface area contributed by atoms with Gasteiger partial charge in [-0.15, -0.1) is 0 Å². The lowest BCUT2D eigenvalue weighted by Crippen LogP contribution is -2.53. The molecular weight excluding hydrogens is 436 g/mol. The first-order chi connectivity index (χ1) is 16.5. The van der Waals surface area contributed by atoms with Crippen LogP contribution in [0.15, 0.2) is 29.5 Å². The van der Waals surface area contributed by atoms with Gasteiger partial charge in [0.1, 0.15) is 0 Å². The van der Waals surface area contributed by atoms with Gasteiger partial charge in [-0.2, -0.15) is 0 Å². The number of nitrogens with one attached hydrogen (secondary N) is 2. The quantitative estimate of drug-likeness (QED) is 0.589. The Bertz CT molecular complexity index is 920. The van der Waals surface area contributed by atoms with E-state index >= 15 is 0 Å². The maximum Gasteiger partial charge on any atom is 0.338 e. The second kappa shape index (κ2) is 11.1. The van der Waals surface area contributed by atoms with Gasteiger partial charge in [0.15, 0.2) is 11.5 Å². The van der Waals surface area contributed by atoms with E-state index in [0.29, 0.717) is 40.9 Å². The van der Waals surface area contributed by atoms with Crippen molar-refractivity contribution in [2.24, 2.45) is 0 Å². The van der Waals surface area contributed by atoms with Crippen LogP contribution in [0.5, 0.6) is 11.5 Å². The van der Waals surface area contributed by atoms with Gasteiger partial charge in [-0.05, 0) is 30.5 Å². The number of piperazine rings is 1. The number of methoxy groups -OCH3 is 3. The lowest BCUT2D eigenvalue weighted by atomic mass is 9.93. The van der Waals surface area contributed by atoms with Crippen LogP contribution in [0.25, 0.3) is 0 Å². The Morgan fingerprint density at radius 3 is 2.35 bits per heavy atom. The van der Waals surface area contributed by atoms with E-state index in [9.17, 15) is 9.59 Å². The second-order valence-electron chi connectivity index (χ2n) is 9.13. The number of esters is 1. The minimum absolute atomic E-state index is 0.344. The van der Waals surface area contributed by atoms with Crippen LogP contribution in [0.1, 0.15) is 43.7 Å². The fraction of sp³-hybridized carbons (Fsp3) is 0.600. The van der Waals surface area contributed by atoms with Crippen molar-refractivity contribution >= 4 is 12.0 Å². The van der Waals surface area contributed by atoms with E-state index < -0.39 is 12.0 Å². The predicted molar refractivity (Wildman–Crippen MR) is 128 cm³/mol. The summed E-state index contributed by atoms with van der Waals surface area (Å²) in [7, 11) is 4.48. The summed E-state index contributed by atoms with van der Waals surface area (Å²) in [5.41, 5.74) is 1.71. The Morgan fingerprint density at radius 1 is 1.00 bits per heavy atom. The molecule has 2 fully saturated rings. The zero-order valence-corrected chi connectivity index (χ0v) is 20.4. The summed E-state index contributed by atoms with van der Waals surface area (Å²) in [5.74, 6) is 0.631. The van der Waals surface area contributed by atoms with Crippen molar-refractivity contribution in [2.75, 3.05) is 54.1 Å². The molecule has 0 bridgehead atoms. The highest BCUT2D eigenvalue weighted by atomic mass is 16.5. The van der Waals surface area contributed by atoms with E-state index in [-0.39, 0.29) is 6.03 Å². The number of rotatable bonds is 7. The smallest absolute Gasteiger partial charge is 0.338 e. The molecule has 0 spiro atoms. The Morgan fingerprint density at radius 2 is 1.71 bits per heavy atom. The number of hydrogen-bond acceptors (Lipinski definition) is 7. The van der Waals surface area contributed by atoms with Crippen LogP contribution < -0.4 is 20.1 Å². The summed E-state index contributed by atoms with van der Waals surface area (Å²) in [6.45, 7) is 4.31. The first kappa shape index (κ1) is 24.3. The van der Waals surface area contributed by atoms with Crippen molar-refractivity contribution in [3.05, 3.63) is 35.0 Å². The molecule has 2 N–H and O–H groups in total. The van der Waals surface area contributed by atoms with Crippen molar-refractivity contribution in [2.45, 2.75) is 44.2 Å². The summed E-state index contributed by atoms with van der Waals surface area (Å²) in [5, 5.41) is 5.74. The molecule has 1 saturated carbocycles. The number of nitrogens with zero attached hydrogens (tertiary/aromatic N) is 2. The average molecular weight is 473 g/mol. The normalized spacial score (nSPS) is 22.7. The van der Waals surface area contributed by atoms with Crippen LogP contribution in [-0.4, -0.2) is 81.9 Å². The summed E-state index contributed by atoms with van der Waals surface area (Å²) in [6.07, 6.45) is 6.61. The van der Waals surface area contributed by atoms with Gasteiger partial charge < -0.3 is 24.8 Å². The average Bonchev–Trinajstić information content (AvgIpc) is 2.88. The number of benzene rings is 1. The molecule has 0 unspecified atom stereocenters. The summed E-state index contributed by atoms with van der Waals surface area (Å²) < 4.78 is 15.9. The monoisotopic (exact) mass is 472 g/mol. The topological polar surface area (TPSA) is 92.4 Å². The van der Waals surface area contributed by atoms with E-state index in [2.05, 4.69) is 20.4 Å². The molecule has 34 heavy (non-hydrogen) atoms. The number of carbonyl (C=O) groups excluding carboxylic acids is 2. The van der Waals surface area contributed by atoms with E-state index in [1.165, 1.54) is 39.2 Å². The third-order valence-electron chi connectivity index (χ3n) is 7.18. The maximum absolute atomic E-state index is 12.9. The molecule has 2 aliphatic heterocycles. The fourth-order valence-corrected chi connectivity index (χ4v) is 5.33. The lowest BCUT2D eigenvalue weighted by molar-refractivity contribution is -0.136. The van der Waals surface area contributed by atoms with Crippen LogP contribution in [0.2, 0.25) is 0 Å². The molecule has 4 rings (SSSR count). The fourth-order valence-electron chi connectivity index (χ4n) is 5.33. The highest BCUT2D eigenvalue weighted by molar-refractivity contribution is 5.95. The molecule has 1 atom stereocenters. The molecule has 1 aromatic rings. The Kier molecular flexibility index (Phi) is 7.95. The van der Waals surface area contributed by atoms with E-state index in [4.69, 9.17) is 14.2 Å². The second-order valence-corrected chi connectivity index (χ2v) is 9.13. The van der Waals surface area contributed by atoms with Crippen molar-refractivity contribution < 1.29 is 23.8 Å². The highest BCUT2D eigenvalue weighted by Crippen LogP contribution is 2.34. The summed E-state index contributed by atoms with van der Waals surface area (Å²) in [4.78, 5) is 30.4. The van der Waals surface area contributed by atoms with Gasteiger partial charge in [0.2, 0.25) is 0 Å². The molecular formula is C25H36N4O5. The molecule has 1 aliphatic carbocycles. The molecule has 9 heteroatoms.